The summed E-state index contributed by atoms with van der Waals surface area (Å²) in [5.74, 6) is -0.710. The maximum atomic E-state index is 11.2. The molecule has 0 radical (unpaired) electrons. The fraction of sp³-hybridized carbons (Fsp3) is 0.417. The van der Waals surface area contributed by atoms with Crippen LogP contribution in [0.3, 0.4) is 0 Å². The van der Waals surface area contributed by atoms with Crippen molar-refractivity contribution in [3.05, 3.63) is 26.6 Å². The van der Waals surface area contributed by atoms with Crippen LogP contribution in [0.1, 0.15) is 24.8 Å². The summed E-state index contributed by atoms with van der Waals surface area (Å²) in [6, 6.07) is 2.99. The molecule has 4 nitrogen and oxygen atoms in total. The van der Waals surface area contributed by atoms with Crippen molar-refractivity contribution in [2.24, 2.45) is 0 Å². The first-order valence-corrected chi connectivity index (χ1v) is 8.03. The van der Waals surface area contributed by atoms with Gasteiger partial charge in [0, 0.05) is 4.75 Å². The van der Waals surface area contributed by atoms with Gasteiger partial charge in [-0.3, -0.25) is 10.1 Å². The molecule has 0 amide bonds. The van der Waals surface area contributed by atoms with Gasteiger partial charge in [-0.05, 0) is 63.4 Å². The maximum absolute atomic E-state index is 11.2. The third kappa shape index (κ3) is 2.94. The number of carbonyl (C=O) groups is 1. The second kappa shape index (κ2) is 5.27. The molecule has 1 saturated heterocycles. The Morgan fingerprint density at radius 1 is 1.37 bits per heavy atom. The minimum absolute atomic E-state index is 0.121. The van der Waals surface area contributed by atoms with Crippen molar-refractivity contribution in [3.8, 4) is 5.75 Å². The summed E-state index contributed by atoms with van der Waals surface area (Å²) in [6.45, 7) is 3.82. The standard InChI is InChI=1S/C12H13Br2NO3S/c1-12(2)9(11(17)18)15-10(19-12)5-3-6(13)8(16)7(14)4-5/h3-4,9-10,15-16H,1-2H3,(H,17,18)/t9-,10?/m0/s1. The lowest BCUT2D eigenvalue weighted by atomic mass is 10.0. The van der Waals surface area contributed by atoms with Crippen molar-refractivity contribution in [3.63, 3.8) is 0 Å². The molecule has 1 unspecified atom stereocenters. The Bertz CT molecular complexity index is 513. The van der Waals surface area contributed by atoms with E-state index in [-0.39, 0.29) is 11.1 Å². The van der Waals surface area contributed by atoms with Crippen LogP contribution in [0.4, 0.5) is 0 Å². The number of nitrogens with one attached hydrogen (secondary N) is 1. The molecule has 1 fully saturated rings. The largest absolute Gasteiger partial charge is 0.506 e. The number of benzene rings is 1. The molecule has 3 N–H and O–H groups in total. The smallest absolute Gasteiger partial charge is 0.322 e. The molecular formula is C12H13Br2NO3S. The number of carboxylic acids is 1. The predicted molar refractivity (Wildman–Crippen MR) is 82.5 cm³/mol. The fourth-order valence-electron chi connectivity index (χ4n) is 2.03. The molecule has 0 bridgehead atoms. The van der Waals surface area contributed by atoms with E-state index in [2.05, 4.69) is 37.2 Å². The van der Waals surface area contributed by atoms with Crippen LogP contribution in [0.2, 0.25) is 0 Å². The van der Waals surface area contributed by atoms with Gasteiger partial charge in [-0.15, -0.1) is 11.8 Å². The summed E-state index contributed by atoms with van der Waals surface area (Å²) in [6.07, 6.45) is 0. The first kappa shape index (κ1) is 15.2. The highest BCUT2D eigenvalue weighted by molar-refractivity contribution is 9.11. The molecule has 7 heteroatoms. The quantitative estimate of drug-likeness (QED) is 0.696. The molecular weight excluding hydrogens is 398 g/mol. The Morgan fingerprint density at radius 3 is 2.32 bits per heavy atom. The summed E-state index contributed by atoms with van der Waals surface area (Å²) < 4.78 is 0.763. The van der Waals surface area contributed by atoms with Crippen LogP contribution in [0.25, 0.3) is 0 Å². The van der Waals surface area contributed by atoms with E-state index >= 15 is 0 Å². The van der Waals surface area contributed by atoms with Gasteiger partial charge in [0.2, 0.25) is 0 Å². The van der Waals surface area contributed by atoms with Gasteiger partial charge >= 0.3 is 5.97 Å². The molecule has 1 aromatic carbocycles. The molecule has 1 heterocycles. The average Bonchev–Trinajstić information content (AvgIpc) is 2.61. The molecule has 0 saturated carbocycles. The number of hydrogen-bond acceptors (Lipinski definition) is 4. The number of rotatable bonds is 2. The molecule has 0 aliphatic carbocycles. The van der Waals surface area contributed by atoms with Gasteiger partial charge in [0.15, 0.2) is 0 Å². The lowest BCUT2D eigenvalue weighted by molar-refractivity contribution is -0.139. The summed E-state index contributed by atoms with van der Waals surface area (Å²) in [5, 5.41) is 21.9. The van der Waals surface area contributed by atoms with E-state index in [1.54, 1.807) is 23.9 Å². The zero-order valence-electron chi connectivity index (χ0n) is 10.3. The van der Waals surface area contributed by atoms with Crippen molar-refractivity contribution in [1.82, 2.24) is 5.32 Å². The first-order chi connectivity index (χ1) is 8.72. The molecule has 1 aliphatic heterocycles. The highest BCUT2D eigenvalue weighted by Gasteiger charge is 2.45. The van der Waals surface area contributed by atoms with E-state index in [0.717, 1.165) is 5.56 Å². The van der Waals surface area contributed by atoms with Crippen molar-refractivity contribution in [2.45, 2.75) is 30.0 Å². The second-order valence-corrected chi connectivity index (χ2v) is 8.34. The first-order valence-electron chi connectivity index (χ1n) is 5.57. The molecule has 1 aliphatic rings. The minimum atomic E-state index is -0.850. The molecule has 0 aromatic heterocycles. The maximum Gasteiger partial charge on any atom is 0.322 e. The predicted octanol–water partition coefficient (Wildman–Crippen LogP) is 3.48. The van der Waals surface area contributed by atoms with Gasteiger partial charge in [0.05, 0.1) is 14.3 Å². The zero-order valence-corrected chi connectivity index (χ0v) is 14.3. The number of halogens is 2. The Labute approximate surface area is 132 Å². The highest BCUT2D eigenvalue weighted by Crippen LogP contribution is 2.47. The van der Waals surface area contributed by atoms with E-state index in [1.165, 1.54) is 0 Å². The van der Waals surface area contributed by atoms with Gasteiger partial charge in [-0.25, -0.2) is 0 Å². The van der Waals surface area contributed by atoms with Crippen LogP contribution < -0.4 is 5.32 Å². The molecule has 2 rings (SSSR count). The van der Waals surface area contributed by atoms with E-state index in [0.29, 0.717) is 8.95 Å². The minimum Gasteiger partial charge on any atom is -0.506 e. The van der Waals surface area contributed by atoms with Crippen LogP contribution in [0.15, 0.2) is 21.1 Å². The molecule has 0 spiro atoms. The Morgan fingerprint density at radius 2 is 1.89 bits per heavy atom. The number of aromatic hydroxyl groups is 1. The third-order valence-corrected chi connectivity index (χ3v) is 5.72. The Balaban J connectivity index is 2.33. The average molecular weight is 411 g/mol. The van der Waals surface area contributed by atoms with Crippen molar-refractivity contribution < 1.29 is 15.0 Å². The third-order valence-electron chi connectivity index (χ3n) is 3.02. The van der Waals surface area contributed by atoms with Crippen molar-refractivity contribution >= 4 is 49.6 Å². The van der Waals surface area contributed by atoms with Crippen LogP contribution in [0.5, 0.6) is 5.75 Å². The monoisotopic (exact) mass is 409 g/mol. The van der Waals surface area contributed by atoms with Gasteiger partial charge in [-0.2, -0.15) is 0 Å². The molecule has 19 heavy (non-hydrogen) atoms. The summed E-state index contributed by atoms with van der Waals surface area (Å²) in [7, 11) is 0. The SMILES string of the molecule is CC1(C)SC(c2cc(Br)c(O)c(Br)c2)N[C@H]1C(=O)O. The van der Waals surface area contributed by atoms with Crippen LogP contribution in [0, 0.1) is 0 Å². The lowest BCUT2D eigenvalue weighted by Crippen LogP contribution is -2.43. The van der Waals surface area contributed by atoms with E-state index in [4.69, 9.17) is 0 Å². The summed E-state index contributed by atoms with van der Waals surface area (Å²) >= 11 is 8.13. The summed E-state index contributed by atoms with van der Waals surface area (Å²) in [4.78, 5) is 11.2. The zero-order chi connectivity index (χ0) is 14.4. The normalized spacial score (nSPS) is 25.5. The number of hydrogen-bond donors (Lipinski definition) is 3. The molecule has 1 aromatic rings. The lowest BCUT2D eigenvalue weighted by Gasteiger charge is -2.20. The second-order valence-electron chi connectivity index (χ2n) is 4.87. The Hall–Kier alpha value is -0.240. The van der Waals surface area contributed by atoms with Crippen LogP contribution in [-0.2, 0) is 4.79 Å². The van der Waals surface area contributed by atoms with Gasteiger partial charge < -0.3 is 10.2 Å². The van der Waals surface area contributed by atoms with Crippen molar-refractivity contribution in [2.75, 3.05) is 0 Å². The van der Waals surface area contributed by atoms with Crippen LogP contribution >= 0.6 is 43.6 Å². The van der Waals surface area contributed by atoms with E-state index in [9.17, 15) is 15.0 Å². The van der Waals surface area contributed by atoms with E-state index < -0.39 is 16.8 Å². The topological polar surface area (TPSA) is 69.6 Å². The molecule has 2 atom stereocenters. The number of phenolic OH excluding ortho intramolecular Hbond substituents is 1. The number of thioether (sulfide) groups is 1. The number of carboxylic acid groups (broad SMARTS) is 1. The fourth-order valence-corrected chi connectivity index (χ4v) is 4.64. The number of phenols is 1. The van der Waals surface area contributed by atoms with Crippen molar-refractivity contribution in [1.29, 1.82) is 0 Å². The van der Waals surface area contributed by atoms with Crippen LogP contribution in [-0.4, -0.2) is 27.0 Å². The molecule has 104 valence electrons. The summed E-state index contributed by atoms with van der Waals surface area (Å²) in [5.41, 5.74) is 0.915. The van der Waals surface area contributed by atoms with E-state index in [1.807, 2.05) is 13.8 Å². The number of aliphatic carboxylic acids is 1. The highest BCUT2D eigenvalue weighted by atomic mass is 79.9. The van der Waals surface area contributed by atoms with Gasteiger partial charge in [-0.1, -0.05) is 0 Å². The van der Waals surface area contributed by atoms with Gasteiger partial charge in [0.25, 0.3) is 0 Å². The van der Waals surface area contributed by atoms with Gasteiger partial charge in [0.1, 0.15) is 11.8 Å². The Kier molecular flexibility index (Phi) is 4.21.